The number of rotatable bonds is 7. The maximum atomic E-state index is 10.9. The zero-order chi connectivity index (χ0) is 14.4. The molecule has 0 aliphatic heterocycles. The van der Waals surface area contributed by atoms with E-state index in [0.717, 1.165) is 28.8 Å². The Morgan fingerprint density at radius 2 is 2.21 bits per heavy atom. The van der Waals surface area contributed by atoms with Gasteiger partial charge in [-0.05, 0) is 37.6 Å². The second kappa shape index (κ2) is 7.50. The summed E-state index contributed by atoms with van der Waals surface area (Å²) >= 11 is 3.52. The molecule has 4 nitrogen and oxygen atoms in total. The summed E-state index contributed by atoms with van der Waals surface area (Å²) in [6.45, 7) is 4.87. The molecule has 0 fully saturated rings. The first-order valence-electron chi connectivity index (χ1n) is 6.28. The Morgan fingerprint density at radius 1 is 1.53 bits per heavy atom. The Bertz CT molecular complexity index is 437. The number of methoxy groups -OCH3 is 1. The lowest BCUT2D eigenvalue weighted by Gasteiger charge is -2.28. The van der Waals surface area contributed by atoms with Gasteiger partial charge >= 0.3 is 5.97 Å². The summed E-state index contributed by atoms with van der Waals surface area (Å²) in [4.78, 5) is 12.9. The molecule has 0 radical (unpaired) electrons. The molecule has 0 aliphatic rings. The van der Waals surface area contributed by atoms with E-state index in [9.17, 15) is 4.79 Å². The van der Waals surface area contributed by atoms with Crippen LogP contribution in [0.4, 0.5) is 0 Å². The molecule has 106 valence electrons. The number of carboxylic acid groups (broad SMARTS) is 1. The lowest BCUT2D eigenvalue weighted by molar-refractivity contribution is -0.138. The lowest BCUT2D eigenvalue weighted by Crippen LogP contribution is -2.33. The van der Waals surface area contributed by atoms with E-state index in [-0.39, 0.29) is 12.6 Å². The van der Waals surface area contributed by atoms with Gasteiger partial charge in [0.25, 0.3) is 0 Å². The quantitative estimate of drug-likeness (QED) is 0.833. The number of benzene rings is 1. The molecule has 19 heavy (non-hydrogen) atoms. The van der Waals surface area contributed by atoms with Crippen LogP contribution < -0.4 is 4.74 Å². The minimum Gasteiger partial charge on any atom is -0.497 e. The molecule has 1 unspecified atom stereocenters. The molecule has 1 rings (SSSR count). The normalized spacial score (nSPS) is 12.5. The smallest absolute Gasteiger partial charge is 0.317 e. The van der Waals surface area contributed by atoms with Crippen LogP contribution in [0.5, 0.6) is 5.75 Å². The van der Waals surface area contributed by atoms with Crippen molar-refractivity contribution in [3.63, 3.8) is 0 Å². The highest BCUT2D eigenvalue weighted by molar-refractivity contribution is 9.10. The monoisotopic (exact) mass is 329 g/mol. The van der Waals surface area contributed by atoms with Gasteiger partial charge in [0.1, 0.15) is 5.75 Å². The van der Waals surface area contributed by atoms with Gasteiger partial charge in [0.05, 0.1) is 13.7 Å². The minimum atomic E-state index is -0.801. The Labute approximate surface area is 122 Å². The van der Waals surface area contributed by atoms with Crippen molar-refractivity contribution < 1.29 is 14.6 Å². The molecule has 0 saturated heterocycles. The highest BCUT2D eigenvalue weighted by Crippen LogP contribution is 2.30. The standard InChI is InChI=1S/C14H20BrNO3/c1-4-7-16(9-14(17)18)10(2)12-6-5-11(19-3)8-13(12)15/h5-6,8,10H,4,7,9H2,1-3H3,(H,17,18). The fourth-order valence-electron chi connectivity index (χ4n) is 2.04. The Kier molecular flexibility index (Phi) is 6.31. The number of ether oxygens (including phenoxy) is 1. The number of carboxylic acids is 1. The van der Waals surface area contributed by atoms with Crippen LogP contribution in [-0.2, 0) is 4.79 Å². The van der Waals surface area contributed by atoms with Crippen LogP contribution in [0.3, 0.4) is 0 Å². The van der Waals surface area contributed by atoms with Crippen LogP contribution in [0.2, 0.25) is 0 Å². The molecule has 1 N–H and O–H groups in total. The summed E-state index contributed by atoms with van der Waals surface area (Å²) < 4.78 is 6.10. The van der Waals surface area contributed by atoms with Crippen molar-refractivity contribution in [1.82, 2.24) is 4.90 Å². The predicted molar refractivity (Wildman–Crippen MR) is 78.6 cm³/mol. The van der Waals surface area contributed by atoms with Gasteiger partial charge < -0.3 is 9.84 Å². The Hall–Kier alpha value is -1.07. The SMILES string of the molecule is CCCN(CC(=O)O)C(C)c1ccc(OC)cc1Br. The van der Waals surface area contributed by atoms with E-state index in [2.05, 4.69) is 15.9 Å². The number of hydrogen-bond donors (Lipinski definition) is 1. The maximum absolute atomic E-state index is 10.9. The third-order valence-electron chi connectivity index (χ3n) is 3.05. The summed E-state index contributed by atoms with van der Waals surface area (Å²) in [6, 6.07) is 5.80. The zero-order valence-electron chi connectivity index (χ0n) is 11.5. The Morgan fingerprint density at radius 3 is 2.68 bits per heavy atom. The van der Waals surface area contributed by atoms with E-state index in [1.807, 2.05) is 36.9 Å². The average molecular weight is 330 g/mol. The fraction of sp³-hybridized carbons (Fsp3) is 0.500. The van der Waals surface area contributed by atoms with E-state index in [0.29, 0.717) is 0 Å². The number of hydrogen-bond acceptors (Lipinski definition) is 3. The summed E-state index contributed by atoms with van der Waals surface area (Å²) in [6.07, 6.45) is 0.922. The van der Waals surface area contributed by atoms with Gasteiger partial charge in [0.2, 0.25) is 0 Å². The first-order valence-corrected chi connectivity index (χ1v) is 7.08. The van der Waals surface area contributed by atoms with Crippen LogP contribution in [0.25, 0.3) is 0 Å². The van der Waals surface area contributed by atoms with Crippen molar-refractivity contribution >= 4 is 21.9 Å². The molecule has 1 aromatic rings. The molecular formula is C14H20BrNO3. The van der Waals surface area contributed by atoms with Crippen molar-refractivity contribution in [3.8, 4) is 5.75 Å². The van der Waals surface area contributed by atoms with Crippen LogP contribution in [0.1, 0.15) is 31.9 Å². The maximum Gasteiger partial charge on any atom is 0.317 e. The van der Waals surface area contributed by atoms with E-state index in [4.69, 9.17) is 9.84 Å². The number of carbonyl (C=O) groups is 1. The summed E-state index contributed by atoms with van der Waals surface area (Å²) in [5, 5.41) is 8.98. The second-order valence-corrected chi connectivity index (χ2v) is 5.28. The molecule has 1 aromatic carbocycles. The molecule has 0 heterocycles. The second-order valence-electron chi connectivity index (χ2n) is 4.43. The average Bonchev–Trinajstić information content (AvgIpc) is 2.36. The number of halogens is 1. The van der Waals surface area contributed by atoms with E-state index < -0.39 is 5.97 Å². The van der Waals surface area contributed by atoms with Crippen LogP contribution in [0.15, 0.2) is 22.7 Å². The molecule has 0 amide bonds. The van der Waals surface area contributed by atoms with Crippen LogP contribution in [-0.4, -0.2) is 36.2 Å². The third-order valence-corrected chi connectivity index (χ3v) is 3.74. The summed E-state index contributed by atoms with van der Waals surface area (Å²) in [5.41, 5.74) is 1.07. The lowest BCUT2D eigenvalue weighted by atomic mass is 10.1. The van der Waals surface area contributed by atoms with Gasteiger partial charge in [0.15, 0.2) is 0 Å². The molecule has 0 aromatic heterocycles. The van der Waals surface area contributed by atoms with Crippen LogP contribution >= 0.6 is 15.9 Å². The molecule has 0 saturated carbocycles. The van der Waals surface area contributed by atoms with Gasteiger partial charge in [-0.2, -0.15) is 0 Å². The highest BCUT2D eigenvalue weighted by atomic mass is 79.9. The largest absolute Gasteiger partial charge is 0.497 e. The molecule has 5 heteroatoms. The molecule has 0 aliphatic carbocycles. The highest BCUT2D eigenvalue weighted by Gasteiger charge is 2.19. The van der Waals surface area contributed by atoms with Crippen molar-refractivity contribution in [1.29, 1.82) is 0 Å². The first kappa shape index (κ1) is 16.0. The van der Waals surface area contributed by atoms with E-state index in [1.165, 1.54) is 0 Å². The number of aliphatic carboxylic acids is 1. The van der Waals surface area contributed by atoms with Crippen molar-refractivity contribution in [3.05, 3.63) is 28.2 Å². The van der Waals surface area contributed by atoms with Crippen LogP contribution in [0, 0.1) is 0 Å². The topological polar surface area (TPSA) is 49.8 Å². The molecule has 0 bridgehead atoms. The number of nitrogens with zero attached hydrogens (tertiary/aromatic N) is 1. The van der Waals surface area contributed by atoms with Gasteiger partial charge in [-0.25, -0.2) is 0 Å². The van der Waals surface area contributed by atoms with E-state index >= 15 is 0 Å². The third kappa shape index (κ3) is 4.51. The molecular weight excluding hydrogens is 310 g/mol. The fourth-order valence-corrected chi connectivity index (χ4v) is 2.73. The molecule has 0 spiro atoms. The van der Waals surface area contributed by atoms with Crippen molar-refractivity contribution in [2.75, 3.05) is 20.2 Å². The Balaban J connectivity index is 2.94. The summed E-state index contributed by atoms with van der Waals surface area (Å²) in [7, 11) is 1.62. The predicted octanol–water partition coefficient (Wildman–Crippen LogP) is 3.32. The van der Waals surface area contributed by atoms with E-state index in [1.54, 1.807) is 7.11 Å². The minimum absolute atomic E-state index is 0.0383. The van der Waals surface area contributed by atoms with Gasteiger partial charge in [-0.3, -0.25) is 9.69 Å². The first-order chi connectivity index (χ1) is 8.99. The van der Waals surface area contributed by atoms with Gasteiger partial charge in [-0.15, -0.1) is 0 Å². The molecule has 1 atom stereocenters. The zero-order valence-corrected chi connectivity index (χ0v) is 13.1. The van der Waals surface area contributed by atoms with Gasteiger partial charge in [-0.1, -0.05) is 28.9 Å². The summed E-state index contributed by atoms with van der Waals surface area (Å²) in [5.74, 6) is -0.0203. The van der Waals surface area contributed by atoms with Crippen molar-refractivity contribution in [2.45, 2.75) is 26.3 Å². The van der Waals surface area contributed by atoms with Crippen molar-refractivity contribution in [2.24, 2.45) is 0 Å². The van der Waals surface area contributed by atoms with Gasteiger partial charge in [0, 0.05) is 10.5 Å².